The van der Waals surface area contributed by atoms with Gasteiger partial charge in [-0.3, -0.25) is 4.98 Å². The second-order valence-corrected chi connectivity index (χ2v) is 3.35. The number of nitrogens with zero attached hydrogens (tertiary/aromatic N) is 3. The molecule has 0 bridgehead atoms. The van der Waals surface area contributed by atoms with Crippen molar-refractivity contribution in [2.45, 2.75) is 13.5 Å². The second-order valence-electron chi connectivity index (χ2n) is 3.35. The quantitative estimate of drug-likeness (QED) is 0.849. The van der Waals surface area contributed by atoms with Gasteiger partial charge in [-0.05, 0) is 24.6 Å². The Morgan fingerprint density at radius 3 is 2.65 bits per heavy atom. The van der Waals surface area contributed by atoms with Crippen molar-refractivity contribution in [3.05, 3.63) is 42.5 Å². The van der Waals surface area contributed by atoms with Gasteiger partial charge in [-0.1, -0.05) is 0 Å². The summed E-state index contributed by atoms with van der Waals surface area (Å²) in [6.07, 6.45) is 6.77. The van der Waals surface area contributed by atoms with Crippen molar-refractivity contribution in [3.8, 4) is 5.88 Å². The van der Waals surface area contributed by atoms with E-state index in [1.165, 1.54) is 0 Å². The van der Waals surface area contributed by atoms with Crippen molar-refractivity contribution in [2.24, 2.45) is 0 Å². The highest BCUT2D eigenvalue weighted by Gasteiger charge is 2.04. The maximum Gasteiger partial charge on any atom is 0.257 e. The number of aromatic nitrogens is 3. The third-order valence-electron chi connectivity index (χ3n) is 2.16. The van der Waals surface area contributed by atoms with Crippen LogP contribution in [-0.2, 0) is 6.54 Å². The van der Waals surface area contributed by atoms with Crippen molar-refractivity contribution < 1.29 is 4.74 Å². The zero-order valence-electron chi connectivity index (χ0n) is 9.63. The van der Waals surface area contributed by atoms with Gasteiger partial charge in [-0.15, -0.1) is 0 Å². The number of pyridine rings is 1. The average Bonchev–Trinajstić information content (AvgIpc) is 2.39. The van der Waals surface area contributed by atoms with Crippen molar-refractivity contribution in [2.75, 3.05) is 11.9 Å². The van der Waals surface area contributed by atoms with Crippen LogP contribution < -0.4 is 10.1 Å². The van der Waals surface area contributed by atoms with Crippen molar-refractivity contribution >= 4 is 5.82 Å². The lowest BCUT2D eigenvalue weighted by Crippen LogP contribution is -2.05. The van der Waals surface area contributed by atoms with E-state index in [4.69, 9.17) is 4.74 Å². The molecule has 88 valence electrons. The number of nitrogens with one attached hydrogen (secondary N) is 1. The largest absolute Gasteiger partial charge is 0.475 e. The molecule has 17 heavy (non-hydrogen) atoms. The molecule has 0 radical (unpaired) electrons. The summed E-state index contributed by atoms with van der Waals surface area (Å²) in [6.45, 7) is 3.16. The zero-order chi connectivity index (χ0) is 11.9. The molecule has 0 aromatic carbocycles. The van der Waals surface area contributed by atoms with Crippen LogP contribution in [0.25, 0.3) is 0 Å². The molecule has 5 heteroatoms. The van der Waals surface area contributed by atoms with E-state index in [1.54, 1.807) is 24.8 Å². The van der Waals surface area contributed by atoms with E-state index in [0.717, 1.165) is 5.56 Å². The van der Waals surface area contributed by atoms with Gasteiger partial charge in [0.25, 0.3) is 5.88 Å². The highest BCUT2D eigenvalue weighted by Crippen LogP contribution is 2.17. The van der Waals surface area contributed by atoms with Gasteiger partial charge in [0.05, 0.1) is 6.61 Å². The Morgan fingerprint density at radius 2 is 1.88 bits per heavy atom. The van der Waals surface area contributed by atoms with E-state index >= 15 is 0 Å². The van der Waals surface area contributed by atoms with E-state index in [-0.39, 0.29) is 0 Å². The van der Waals surface area contributed by atoms with Gasteiger partial charge in [0.1, 0.15) is 0 Å². The van der Waals surface area contributed by atoms with Gasteiger partial charge in [0, 0.05) is 31.3 Å². The molecule has 2 aromatic rings. The molecule has 0 aliphatic carbocycles. The van der Waals surface area contributed by atoms with Gasteiger partial charge < -0.3 is 10.1 Å². The topological polar surface area (TPSA) is 59.9 Å². The van der Waals surface area contributed by atoms with Gasteiger partial charge in [0.15, 0.2) is 5.82 Å². The van der Waals surface area contributed by atoms with Crippen LogP contribution in [-0.4, -0.2) is 21.6 Å². The van der Waals surface area contributed by atoms with E-state index in [9.17, 15) is 0 Å². The van der Waals surface area contributed by atoms with Gasteiger partial charge >= 0.3 is 0 Å². The molecule has 0 saturated heterocycles. The van der Waals surface area contributed by atoms with Crippen LogP contribution in [0.4, 0.5) is 5.82 Å². The van der Waals surface area contributed by atoms with Crippen molar-refractivity contribution in [1.82, 2.24) is 15.0 Å². The van der Waals surface area contributed by atoms with Crippen LogP contribution >= 0.6 is 0 Å². The first kappa shape index (κ1) is 11.3. The summed E-state index contributed by atoms with van der Waals surface area (Å²) in [4.78, 5) is 12.3. The van der Waals surface area contributed by atoms with Crippen molar-refractivity contribution in [3.63, 3.8) is 0 Å². The van der Waals surface area contributed by atoms with Crippen LogP contribution in [0.3, 0.4) is 0 Å². The monoisotopic (exact) mass is 230 g/mol. The summed E-state index contributed by atoms with van der Waals surface area (Å²) in [5, 5.41) is 3.19. The molecule has 0 aliphatic heterocycles. The molecular weight excluding hydrogens is 216 g/mol. The molecule has 0 saturated carbocycles. The number of ether oxygens (including phenoxy) is 1. The molecule has 0 fully saturated rings. The van der Waals surface area contributed by atoms with E-state index in [2.05, 4.69) is 20.3 Å². The average molecular weight is 230 g/mol. The van der Waals surface area contributed by atoms with Crippen LogP contribution in [0.1, 0.15) is 12.5 Å². The lowest BCUT2D eigenvalue weighted by molar-refractivity contribution is 0.327. The Bertz CT molecular complexity index is 461. The maximum absolute atomic E-state index is 5.38. The van der Waals surface area contributed by atoms with Crippen LogP contribution in [0, 0.1) is 0 Å². The number of hydrogen-bond acceptors (Lipinski definition) is 5. The fraction of sp³-hybridized carbons (Fsp3) is 0.250. The molecule has 2 rings (SSSR count). The van der Waals surface area contributed by atoms with Gasteiger partial charge in [-0.25, -0.2) is 9.97 Å². The minimum absolute atomic E-state index is 0.532. The Kier molecular flexibility index (Phi) is 3.85. The predicted octanol–water partition coefficient (Wildman–Crippen LogP) is 1.88. The first-order chi connectivity index (χ1) is 8.40. The van der Waals surface area contributed by atoms with Crippen LogP contribution in [0.2, 0.25) is 0 Å². The van der Waals surface area contributed by atoms with E-state index in [0.29, 0.717) is 24.8 Å². The third-order valence-corrected chi connectivity index (χ3v) is 2.16. The Balaban J connectivity index is 2.03. The van der Waals surface area contributed by atoms with Gasteiger partial charge in [0.2, 0.25) is 0 Å². The number of anilines is 1. The smallest absolute Gasteiger partial charge is 0.257 e. The third kappa shape index (κ3) is 3.14. The minimum Gasteiger partial charge on any atom is -0.475 e. The molecule has 0 atom stereocenters. The van der Waals surface area contributed by atoms with Crippen LogP contribution in [0.5, 0.6) is 5.88 Å². The van der Waals surface area contributed by atoms with Crippen molar-refractivity contribution in [1.29, 1.82) is 0 Å². The molecule has 0 aliphatic rings. The number of hydrogen-bond donors (Lipinski definition) is 1. The molecule has 2 aromatic heterocycles. The summed E-state index contributed by atoms with van der Waals surface area (Å²) in [5.74, 6) is 1.19. The number of rotatable bonds is 5. The summed E-state index contributed by atoms with van der Waals surface area (Å²) >= 11 is 0. The second kappa shape index (κ2) is 5.79. The zero-order valence-corrected chi connectivity index (χ0v) is 9.63. The molecule has 2 heterocycles. The summed E-state index contributed by atoms with van der Waals surface area (Å²) in [7, 11) is 0. The standard InChI is InChI=1S/C12H14N4O/c1-2-17-12-11(14-7-8-15-12)16-9-10-3-5-13-6-4-10/h3-8H,2,9H2,1H3,(H,14,16). The van der Waals surface area contributed by atoms with E-state index in [1.807, 2.05) is 19.1 Å². The molecule has 0 amide bonds. The minimum atomic E-state index is 0.532. The van der Waals surface area contributed by atoms with Gasteiger partial charge in [-0.2, -0.15) is 0 Å². The first-order valence-electron chi connectivity index (χ1n) is 5.46. The molecule has 5 nitrogen and oxygen atoms in total. The SMILES string of the molecule is CCOc1nccnc1NCc1ccncc1. The molecule has 0 spiro atoms. The highest BCUT2D eigenvalue weighted by atomic mass is 16.5. The lowest BCUT2D eigenvalue weighted by Gasteiger charge is -2.09. The Morgan fingerprint density at radius 1 is 1.12 bits per heavy atom. The summed E-state index contributed by atoms with van der Waals surface area (Å²) in [6, 6.07) is 3.90. The highest BCUT2D eigenvalue weighted by molar-refractivity contribution is 5.44. The van der Waals surface area contributed by atoms with E-state index < -0.39 is 0 Å². The fourth-order valence-corrected chi connectivity index (χ4v) is 1.38. The van der Waals surface area contributed by atoms with Crippen LogP contribution in [0.15, 0.2) is 36.9 Å². The molecule has 1 N–H and O–H groups in total. The predicted molar refractivity (Wildman–Crippen MR) is 64.8 cm³/mol. The molecule has 0 unspecified atom stereocenters. The molecular formula is C12H14N4O. The lowest BCUT2D eigenvalue weighted by atomic mass is 10.3. The fourth-order valence-electron chi connectivity index (χ4n) is 1.38. The normalized spacial score (nSPS) is 9.94. The maximum atomic E-state index is 5.38. The summed E-state index contributed by atoms with van der Waals surface area (Å²) < 4.78 is 5.38. The summed E-state index contributed by atoms with van der Waals surface area (Å²) in [5.41, 5.74) is 1.13. The Hall–Kier alpha value is -2.17. The Labute approximate surface area is 99.9 Å². The first-order valence-corrected chi connectivity index (χ1v) is 5.46.